The standard InChI is InChI=1S/C23H29N3O3/c27-21-10-4-5-15-25(21)16-11-22(28)26-17-12-23(29,19-8-2-1-3-9-19)20(18-26)24-13-6-7-14-24/h1-5,8-10,15,20,29H,6-7,11-14,16-18H2/t20-,23+/m1/s1. The fourth-order valence-corrected chi connectivity index (χ4v) is 4.70. The summed E-state index contributed by atoms with van der Waals surface area (Å²) in [4.78, 5) is 29.0. The normalized spacial score (nSPS) is 25.3. The SMILES string of the molecule is O=C(CCn1ccccc1=O)N1CC[C@](O)(c2ccccc2)[C@H](N2CCCC2)C1. The number of nitrogens with zero attached hydrogens (tertiary/aromatic N) is 3. The van der Waals surface area contributed by atoms with Crippen molar-refractivity contribution in [3.63, 3.8) is 0 Å². The second kappa shape index (κ2) is 8.51. The van der Waals surface area contributed by atoms with Crippen molar-refractivity contribution in [3.05, 3.63) is 70.6 Å². The van der Waals surface area contributed by atoms with Gasteiger partial charge in [-0.3, -0.25) is 14.5 Å². The third-order valence-electron chi connectivity index (χ3n) is 6.38. The number of likely N-dealkylation sites (tertiary alicyclic amines) is 2. The monoisotopic (exact) mass is 395 g/mol. The average molecular weight is 396 g/mol. The first kappa shape index (κ1) is 19.9. The van der Waals surface area contributed by atoms with Crippen molar-refractivity contribution in [1.82, 2.24) is 14.4 Å². The van der Waals surface area contributed by atoms with Crippen LogP contribution in [0.3, 0.4) is 0 Å². The molecular formula is C23H29N3O3. The second-order valence-electron chi connectivity index (χ2n) is 8.12. The van der Waals surface area contributed by atoms with Crippen LogP contribution in [0.1, 0.15) is 31.2 Å². The van der Waals surface area contributed by atoms with Gasteiger partial charge < -0.3 is 14.6 Å². The number of amides is 1. The van der Waals surface area contributed by atoms with Gasteiger partial charge in [0.15, 0.2) is 0 Å². The molecular weight excluding hydrogens is 366 g/mol. The zero-order valence-electron chi connectivity index (χ0n) is 16.7. The summed E-state index contributed by atoms with van der Waals surface area (Å²) in [5.41, 5.74) is -0.106. The molecule has 0 saturated carbocycles. The van der Waals surface area contributed by atoms with Crippen LogP contribution in [-0.4, -0.2) is 57.6 Å². The van der Waals surface area contributed by atoms with Gasteiger partial charge in [0.05, 0.1) is 6.04 Å². The number of aromatic nitrogens is 1. The topological polar surface area (TPSA) is 65.8 Å². The Morgan fingerprint density at radius 1 is 1.03 bits per heavy atom. The molecule has 1 amide bonds. The third kappa shape index (κ3) is 4.14. The highest BCUT2D eigenvalue weighted by Crippen LogP contribution is 2.37. The molecule has 3 heterocycles. The Morgan fingerprint density at radius 2 is 1.76 bits per heavy atom. The molecule has 2 fully saturated rings. The summed E-state index contributed by atoms with van der Waals surface area (Å²) in [5.74, 6) is 0.0417. The Balaban J connectivity index is 1.49. The number of piperidine rings is 1. The minimum atomic E-state index is -0.946. The number of hydrogen-bond acceptors (Lipinski definition) is 4. The third-order valence-corrected chi connectivity index (χ3v) is 6.38. The zero-order valence-corrected chi connectivity index (χ0v) is 16.7. The predicted octanol–water partition coefficient (Wildman–Crippen LogP) is 1.82. The Hall–Kier alpha value is -2.44. The van der Waals surface area contributed by atoms with Crippen LogP contribution in [0.2, 0.25) is 0 Å². The lowest BCUT2D eigenvalue weighted by atomic mass is 9.79. The van der Waals surface area contributed by atoms with E-state index in [1.807, 2.05) is 35.2 Å². The van der Waals surface area contributed by atoms with Crippen molar-refractivity contribution < 1.29 is 9.90 Å². The molecule has 4 rings (SSSR count). The molecule has 1 aromatic carbocycles. The maximum absolute atomic E-state index is 12.9. The summed E-state index contributed by atoms with van der Waals surface area (Å²) >= 11 is 0. The summed E-state index contributed by atoms with van der Waals surface area (Å²) in [5, 5.41) is 11.7. The summed E-state index contributed by atoms with van der Waals surface area (Å²) in [6, 6.07) is 14.8. The van der Waals surface area contributed by atoms with Gasteiger partial charge in [-0.15, -0.1) is 0 Å². The first-order valence-electron chi connectivity index (χ1n) is 10.5. The lowest BCUT2D eigenvalue weighted by molar-refractivity contribution is -0.143. The van der Waals surface area contributed by atoms with E-state index >= 15 is 0 Å². The van der Waals surface area contributed by atoms with Gasteiger partial charge in [-0.1, -0.05) is 36.4 Å². The Kier molecular flexibility index (Phi) is 5.83. The van der Waals surface area contributed by atoms with E-state index in [1.165, 1.54) is 6.07 Å². The molecule has 0 radical (unpaired) electrons. The molecule has 2 aliphatic heterocycles. The maximum Gasteiger partial charge on any atom is 0.250 e. The van der Waals surface area contributed by atoms with Gasteiger partial charge in [0.25, 0.3) is 5.56 Å². The van der Waals surface area contributed by atoms with Crippen molar-refractivity contribution in [1.29, 1.82) is 0 Å². The smallest absolute Gasteiger partial charge is 0.250 e. The summed E-state index contributed by atoms with van der Waals surface area (Å²) in [6.45, 7) is 3.35. The van der Waals surface area contributed by atoms with E-state index in [1.54, 1.807) is 22.9 Å². The fourth-order valence-electron chi connectivity index (χ4n) is 4.70. The fraction of sp³-hybridized carbons (Fsp3) is 0.478. The van der Waals surface area contributed by atoms with Crippen LogP contribution in [-0.2, 0) is 16.9 Å². The van der Waals surface area contributed by atoms with E-state index in [0.717, 1.165) is 31.5 Å². The van der Waals surface area contributed by atoms with Gasteiger partial charge in [-0.05, 0) is 44.0 Å². The lowest BCUT2D eigenvalue weighted by Crippen LogP contribution is -2.61. The zero-order chi connectivity index (χ0) is 20.3. The molecule has 0 aliphatic carbocycles. The molecule has 0 unspecified atom stereocenters. The highest BCUT2D eigenvalue weighted by atomic mass is 16.3. The molecule has 2 atom stereocenters. The molecule has 29 heavy (non-hydrogen) atoms. The van der Waals surface area contributed by atoms with Gasteiger partial charge >= 0.3 is 0 Å². The van der Waals surface area contributed by atoms with Crippen molar-refractivity contribution in [2.75, 3.05) is 26.2 Å². The Labute approximate surface area is 171 Å². The van der Waals surface area contributed by atoms with Crippen molar-refractivity contribution in [2.45, 2.75) is 43.9 Å². The average Bonchev–Trinajstić information content (AvgIpc) is 3.28. The largest absolute Gasteiger partial charge is 0.383 e. The lowest BCUT2D eigenvalue weighted by Gasteiger charge is -2.48. The van der Waals surface area contributed by atoms with E-state index in [9.17, 15) is 14.7 Å². The highest BCUT2D eigenvalue weighted by Gasteiger charge is 2.47. The molecule has 154 valence electrons. The van der Waals surface area contributed by atoms with Crippen LogP contribution < -0.4 is 5.56 Å². The van der Waals surface area contributed by atoms with E-state index in [2.05, 4.69) is 4.90 Å². The number of hydrogen-bond donors (Lipinski definition) is 1. The van der Waals surface area contributed by atoms with Crippen LogP contribution in [0, 0.1) is 0 Å². The van der Waals surface area contributed by atoms with Crippen LogP contribution in [0.5, 0.6) is 0 Å². The molecule has 1 aromatic heterocycles. The van der Waals surface area contributed by atoms with Gasteiger partial charge in [0, 0.05) is 38.3 Å². The van der Waals surface area contributed by atoms with Crippen molar-refractivity contribution in [2.24, 2.45) is 0 Å². The van der Waals surface area contributed by atoms with Crippen LogP contribution in [0.4, 0.5) is 0 Å². The first-order valence-corrected chi connectivity index (χ1v) is 10.5. The Bertz CT molecular complexity index is 891. The number of aliphatic hydroxyl groups is 1. The minimum absolute atomic E-state index is 0.0417. The molecule has 2 aliphatic rings. The molecule has 0 bridgehead atoms. The second-order valence-corrected chi connectivity index (χ2v) is 8.12. The van der Waals surface area contributed by atoms with Crippen molar-refractivity contribution in [3.8, 4) is 0 Å². The van der Waals surface area contributed by atoms with E-state index in [4.69, 9.17) is 0 Å². The van der Waals surface area contributed by atoms with Gasteiger partial charge in [0.2, 0.25) is 5.91 Å². The molecule has 1 N–H and O–H groups in total. The van der Waals surface area contributed by atoms with Crippen molar-refractivity contribution >= 4 is 5.91 Å². The van der Waals surface area contributed by atoms with Crippen LogP contribution >= 0.6 is 0 Å². The number of pyridine rings is 1. The molecule has 0 spiro atoms. The molecule has 6 heteroatoms. The van der Waals surface area contributed by atoms with E-state index in [-0.39, 0.29) is 17.5 Å². The number of benzene rings is 1. The van der Waals surface area contributed by atoms with Crippen LogP contribution in [0.15, 0.2) is 59.5 Å². The van der Waals surface area contributed by atoms with E-state index in [0.29, 0.717) is 32.5 Å². The number of carbonyl (C=O) groups excluding carboxylic acids is 1. The first-order chi connectivity index (χ1) is 14.1. The number of carbonyl (C=O) groups is 1. The number of rotatable bonds is 5. The van der Waals surface area contributed by atoms with Crippen LogP contribution in [0.25, 0.3) is 0 Å². The maximum atomic E-state index is 12.9. The molecule has 2 aromatic rings. The predicted molar refractivity (Wildman–Crippen MR) is 111 cm³/mol. The van der Waals surface area contributed by atoms with E-state index < -0.39 is 5.60 Å². The summed E-state index contributed by atoms with van der Waals surface area (Å²) in [7, 11) is 0. The Morgan fingerprint density at radius 3 is 2.48 bits per heavy atom. The van der Waals surface area contributed by atoms with Gasteiger partial charge in [-0.25, -0.2) is 0 Å². The molecule has 6 nitrogen and oxygen atoms in total. The van der Waals surface area contributed by atoms with Gasteiger partial charge in [-0.2, -0.15) is 0 Å². The quantitative estimate of drug-likeness (QED) is 0.839. The number of aryl methyl sites for hydroxylation is 1. The minimum Gasteiger partial charge on any atom is -0.383 e. The van der Waals surface area contributed by atoms with Gasteiger partial charge in [0.1, 0.15) is 5.60 Å². The highest BCUT2D eigenvalue weighted by molar-refractivity contribution is 5.76. The summed E-state index contributed by atoms with van der Waals surface area (Å²) in [6.07, 6.45) is 4.79. The molecule has 2 saturated heterocycles. The summed E-state index contributed by atoms with van der Waals surface area (Å²) < 4.78 is 1.57.